The molecule has 1 atom stereocenters. The van der Waals surface area contributed by atoms with E-state index in [4.69, 9.17) is 11.6 Å². The van der Waals surface area contributed by atoms with Crippen molar-refractivity contribution in [3.8, 4) is 11.1 Å². The number of aromatic nitrogens is 1. The van der Waals surface area contributed by atoms with Crippen molar-refractivity contribution < 1.29 is 9.59 Å². The second-order valence-corrected chi connectivity index (χ2v) is 9.62. The molecule has 7 heteroatoms. The highest BCUT2D eigenvalue weighted by atomic mass is 35.5. The number of hydrogen-bond donors (Lipinski definition) is 2. The Bertz CT molecular complexity index is 1320. The SMILES string of the molecule is Cc1cc(C(=O)N2CC[C@H](N(C)C)C2)c(/C=C2\C(=O)Nc3cccc(-c4cccc(Cl)c4)c32)[nH]1. The molecule has 2 amide bonds. The molecule has 2 aliphatic rings. The lowest BCUT2D eigenvalue weighted by Crippen LogP contribution is -2.34. The number of nitrogens with one attached hydrogen (secondary N) is 2. The average Bonchev–Trinajstić information content (AvgIpc) is 3.51. The molecule has 0 saturated carbocycles. The summed E-state index contributed by atoms with van der Waals surface area (Å²) >= 11 is 6.24. The van der Waals surface area contributed by atoms with Gasteiger partial charge in [0.15, 0.2) is 0 Å². The number of hydrogen-bond acceptors (Lipinski definition) is 3. The maximum Gasteiger partial charge on any atom is 0.256 e. The third-order valence-corrected chi connectivity index (χ3v) is 6.88. The van der Waals surface area contributed by atoms with Crippen LogP contribution in [-0.4, -0.2) is 59.8 Å². The molecule has 1 saturated heterocycles. The molecule has 3 heterocycles. The van der Waals surface area contributed by atoms with E-state index in [1.54, 1.807) is 6.08 Å². The molecule has 5 rings (SSSR count). The van der Waals surface area contributed by atoms with E-state index in [0.29, 0.717) is 34.4 Å². The molecule has 6 nitrogen and oxygen atoms in total. The van der Waals surface area contributed by atoms with Crippen molar-refractivity contribution >= 4 is 40.8 Å². The summed E-state index contributed by atoms with van der Waals surface area (Å²) in [6, 6.07) is 15.6. The Kier molecular flexibility index (Phi) is 5.80. The average molecular weight is 475 g/mol. The third-order valence-electron chi connectivity index (χ3n) is 6.65. The zero-order valence-electron chi connectivity index (χ0n) is 19.5. The summed E-state index contributed by atoms with van der Waals surface area (Å²) in [5, 5.41) is 3.60. The first kappa shape index (κ1) is 22.4. The minimum absolute atomic E-state index is 0.0118. The second-order valence-electron chi connectivity index (χ2n) is 9.19. The van der Waals surface area contributed by atoms with E-state index in [-0.39, 0.29) is 11.8 Å². The Morgan fingerprint density at radius 1 is 1.18 bits per heavy atom. The summed E-state index contributed by atoms with van der Waals surface area (Å²) < 4.78 is 0. The zero-order valence-corrected chi connectivity index (χ0v) is 20.2. The van der Waals surface area contributed by atoms with E-state index in [2.05, 4.69) is 15.2 Å². The number of anilines is 1. The van der Waals surface area contributed by atoms with Crippen LogP contribution in [-0.2, 0) is 4.79 Å². The first-order valence-corrected chi connectivity index (χ1v) is 11.8. The van der Waals surface area contributed by atoms with Crippen LogP contribution < -0.4 is 5.32 Å². The number of H-pyrrole nitrogens is 1. The van der Waals surface area contributed by atoms with E-state index < -0.39 is 0 Å². The van der Waals surface area contributed by atoms with Gasteiger partial charge in [-0.05, 0) is 68.9 Å². The second kappa shape index (κ2) is 8.78. The molecule has 1 fully saturated rings. The Morgan fingerprint density at radius 3 is 2.71 bits per heavy atom. The summed E-state index contributed by atoms with van der Waals surface area (Å²) in [6.45, 7) is 3.35. The number of aromatic amines is 1. The lowest BCUT2D eigenvalue weighted by atomic mass is 9.94. The fraction of sp³-hybridized carbons (Fsp3) is 0.259. The van der Waals surface area contributed by atoms with Crippen LogP contribution in [0.3, 0.4) is 0 Å². The van der Waals surface area contributed by atoms with Gasteiger partial charge in [-0.1, -0.05) is 35.9 Å². The van der Waals surface area contributed by atoms with Crippen molar-refractivity contribution in [3.05, 3.63) is 76.1 Å². The lowest BCUT2D eigenvalue weighted by molar-refractivity contribution is -0.110. The minimum Gasteiger partial charge on any atom is -0.358 e. The molecule has 1 aromatic heterocycles. The number of carbonyl (C=O) groups is 2. The van der Waals surface area contributed by atoms with Gasteiger partial charge in [0.1, 0.15) is 0 Å². The van der Waals surface area contributed by atoms with Crippen molar-refractivity contribution in [2.75, 3.05) is 32.5 Å². The zero-order chi connectivity index (χ0) is 24.0. The molecule has 2 aliphatic heterocycles. The van der Waals surface area contributed by atoms with E-state index in [1.165, 1.54) is 0 Å². The van der Waals surface area contributed by atoms with Crippen LogP contribution in [0.25, 0.3) is 22.8 Å². The van der Waals surface area contributed by atoms with Gasteiger partial charge in [0.2, 0.25) is 0 Å². The first-order valence-electron chi connectivity index (χ1n) is 11.4. The molecule has 0 bridgehead atoms. The Labute approximate surface area is 204 Å². The Hall–Kier alpha value is -3.35. The molecule has 2 aromatic carbocycles. The molecule has 0 aliphatic carbocycles. The Morgan fingerprint density at radius 2 is 1.97 bits per heavy atom. The highest BCUT2D eigenvalue weighted by Gasteiger charge is 2.31. The predicted octanol–water partition coefficient (Wildman–Crippen LogP) is 4.91. The van der Waals surface area contributed by atoms with Gasteiger partial charge in [-0.25, -0.2) is 0 Å². The summed E-state index contributed by atoms with van der Waals surface area (Å²) in [7, 11) is 4.09. The molecule has 3 aromatic rings. The van der Waals surface area contributed by atoms with Crippen LogP contribution in [0.1, 0.15) is 33.7 Å². The molecule has 2 N–H and O–H groups in total. The number of carbonyl (C=O) groups excluding carboxylic acids is 2. The molecule has 34 heavy (non-hydrogen) atoms. The van der Waals surface area contributed by atoms with E-state index in [9.17, 15) is 9.59 Å². The number of likely N-dealkylation sites (tertiary alicyclic amines) is 1. The maximum absolute atomic E-state index is 13.4. The minimum atomic E-state index is -0.191. The van der Waals surface area contributed by atoms with Crippen molar-refractivity contribution in [2.45, 2.75) is 19.4 Å². The van der Waals surface area contributed by atoms with Crippen LogP contribution in [0, 0.1) is 6.92 Å². The number of likely N-dealkylation sites (N-methyl/N-ethyl adjacent to an activating group) is 1. The highest BCUT2D eigenvalue weighted by molar-refractivity contribution is 6.36. The summed E-state index contributed by atoms with van der Waals surface area (Å²) in [6.07, 6.45) is 2.76. The van der Waals surface area contributed by atoms with Gasteiger partial charge in [0.05, 0.1) is 16.8 Å². The third kappa shape index (κ3) is 4.04. The van der Waals surface area contributed by atoms with E-state index in [0.717, 1.165) is 41.0 Å². The smallest absolute Gasteiger partial charge is 0.256 e. The summed E-state index contributed by atoms with van der Waals surface area (Å²) in [5.41, 5.74) is 6.04. The predicted molar refractivity (Wildman–Crippen MR) is 137 cm³/mol. The van der Waals surface area contributed by atoms with Crippen LogP contribution in [0.5, 0.6) is 0 Å². The maximum atomic E-state index is 13.4. The Balaban J connectivity index is 1.56. The number of fused-ring (bicyclic) bond motifs is 1. The number of benzene rings is 2. The van der Waals surface area contributed by atoms with Crippen molar-refractivity contribution in [1.29, 1.82) is 0 Å². The van der Waals surface area contributed by atoms with Gasteiger partial charge in [-0.2, -0.15) is 0 Å². The van der Waals surface area contributed by atoms with E-state index in [1.807, 2.05) is 74.4 Å². The molecule has 0 unspecified atom stereocenters. The first-order chi connectivity index (χ1) is 16.3. The standard InChI is InChI=1S/C27H27ClN4O2/c1-16-12-21(27(34)32-11-10-19(15-32)31(2)3)24(29-16)14-22-25-20(17-6-4-7-18(28)13-17)8-5-9-23(25)30-26(22)33/h4-9,12-14,19,29H,10-11,15H2,1-3H3,(H,30,33)/b22-14-/t19-/m0/s1. The van der Waals surface area contributed by atoms with Crippen molar-refractivity contribution in [1.82, 2.24) is 14.8 Å². The number of nitrogens with zero attached hydrogens (tertiary/aromatic N) is 2. The molecular formula is C27H27ClN4O2. The van der Waals surface area contributed by atoms with E-state index >= 15 is 0 Å². The quantitative estimate of drug-likeness (QED) is 0.528. The fourth-order valence-corrected chi connectivity index (χ4v) is 5.04. The molecule has 174 valence electrons. The summed E-state index contributed by atoms with van der Waals surface area (Å²) in [4.78, 5) is 33.8. The van der Waals surface area contributed by atoms with Crippen molar-refractivity contribution in [2.24, 2.45) is 0 Å². The normalized spacial score (nSPS) is 18.6. The number of amides is 2. The fourth-order valence-electron chi connectivity index (χ4n) is 4.85. The molecule has 0 spiro atoms. The van der Waals surface area contributed by atoms with Crippen molar-refractivity contribution in [3.63, 3.8) is 0 Å². The van der Waals surface area contributed by atoms with Crippen LogP contribution >= 0.6 is 11.6 Å². The van der Waals surface area contributed by atoms with Gasteiger partial charge < -0.3 is 20.1 Å². The number of rotatable bonds is 4. The molecule has 0 radical (unpaired) electrons. The van der Waals surface area contributed by atoms with Gasteiger partial charge in [0, 0.05) is 41.1 Å². The summed E-state index contributed by atoms with van der Waals surface area (Å²) in [5.74, 6) is -0.203. The highest BCUT2D eigenvalue weighted by Crippen LogP contribution is 2.41. The largest absolute Gasteiger partial charge is 0.358 e. The number of aryl methyl sites for hydroxylation is 1. The number of halogens is 1. The monoisotopic (exact) mass is 474 g/mol. The van der Waals surface area contributed by atoms with Gasteiger partial charge >= 0.3 is 0 Å². The van der Waals surface area contributed by atoms with Gasteiger partial charge in [-0.15, -0.1) is 0 Å². The lowest BCUT2D eigenvalue weighted by Gasteiger charge is -2.20. The topological polar surface area (TPSA) is 68.4 Å². The van der Waals surface area contributed by atoms with Gasteiger partial charge in [0.25, 0.3) is 11.8 Å². The van der Waals surface area contributed by atoms with Gasteiger partial charge in [-0.3, -0.25) is 9.59 Å². The van der Waals surface area contributed by atoms with Crippen LogP contribution in [0.4, 0.5) is 5.69 Å². The molecular weight excluding hydrogens is 448 g/mol. The van der Waals surface area contributed by atoms with Crippen LogP contribution in [0.15, 0.2) is 48.5 Å². The van der Waals surface area contributed by atoms with Crippen LogP contribution in [0.2, 0.25) is 5.02 Å².